The van der Waals surface area contributed by atoms with Gasteiger partial charge in [-0.1, -0.05) is 48.6 Å². The van der Waals surface area contributed by atoms with Crippen LogP contribution in [-0.4, -0.2) is 19.8 Å². The van der Waals surface area contributed by atoms with Gasteiger partial charge in [0.25, 0.3) is 0 Å². The second kappa shape index (κ2) is 11.6. The van der Waals surface area contributed by atoms with Crippen molar-refractivity contribution in [1.82, 2.24) is 0 Å². The van der Waals surface area contributed by atoms with E-state index in [2.05, 4.69) is 6.08 Å². The third kappa shape index (κ3) is 5.77. The van der Waals surface area contributed by atoms with Crippen LogP contribution in [0.15, 0.2) is 66.7 Å². The van der Waals surface area contributed by atoms with Gasteiger partial charge in [-0.05, 0) is 61.6 Å². The van der Waals surface area contributed by atoms with E-state index in [9.17, 15) is 13.2 Å². The van der Waals surface area contributed by atoms with Crippen molar-refractivity contribution in [3.8, 4) is 28.0 Å². The van der Waals surface area contributed by atoms with Gasteiger partial charge in [0.15, 0.2) is 17.9 Å². The van der Waals surface area contributed by atoms with E-state index in [1.165, 1.54) is 18.2 Å². The Morgan fingerprint density at radius 2 is 1.57 bits per heavy atom. The molecule has 0 amide bonds. The van der Waals surface area contributed by atoms with Crippen LogP contribution in [0.3, 0.4) is 0 Å². The quantitative estimate of drug-likeness (QED) is 0.306. The van der Waals surface area contributed by atoms with Crippen molar-refractivity contribution in [3.63, 3.8) is 0 Å². The number of hydrogen-bond donors (Lipinski definition) is 0. The van der Waals surface area contributed by atoms with E-state index in [1.54, 1.807) is 43.3 Å². The predicted molar refractivity (Wildman–Crippen MR) is 131 cm³/mol. The topological polar surface area (TPSA) is 27.7 Å². The minimum Gasteiger partial charge on any atom is -0.491 e. The summed E-state index contributed by atoms with van der Waals surface area (Å²) in [5.74, 6) is -2.20. The van der Waals surface area contributed by atoms with Crippen LogP contribution in [0, 0.1) is 23.4 Å². The van der Waals surface area contributed by atoms with Crippen LogP contribution < -0.4 is 4.74 Å². The Hall–Kier alpha value is -3.09. The van der Waals surface area contributed by atoms with Crippen LogP contribution in [0.1, 0.15) is 38.5 Å². The summed E-state index contributed by atoms with van der Waals surface area (Å²) in [5.41, 5.74) is 2.42. The van der Waals surface area contributed by atoms with Crippen molar-refractivity contribution in [2.24, 2.45) is 5.92 Å². The Bertz CT molecular complexity index is 1170. The zero-order valence-corrected chi connectivity index (χ0v) is 19.9. The molecule has 0 aromatic heterocycles. The molecule has 0 spiro atoms. The molecule has 0 atom stereocenters. The minimum atomic E-state index is -1.01. The first-order valence-electron chi connectivity index (χ1n) is 11.9. The van der Waals surface area contributed by atoms with Gasteiger partial charge in [0.1, 0.15) is 5.82 Å². The highest BCUT2D eigenvalue weighted by Crippen LogP contribution is 2.33. The summed E-state index contributed by atoms with van der Waals surface area (Å²) in [5, 5.41) is 0. The summed E-state index contributed by atoms with van der Waals surface area (Å²) in [6, 6.07) is 14.7. The van der Waals surface area contributed by atoms with Gasteiger partial charge in [-0.2, -0.15) is 4.39 Å². The van der Waals surface area contributed by atoms with E-state index in [1.807, 2.05) is 13.0 Å². The number of ether oxygens (including phenoxy) is 3. The number of allylic oxidation sites excluding steroid dienone is 2. The van der Waals surface area contributed by atoms with Gasteiger partial charge >= 0.3 is 0 Å². The summed E-state index contributed by atoms with van der Waals surface area (Å²) in [6.45, 7) is 5.02. The molecule has 1 saturated heterocycles. The number of halogens is 3. The van der Waals surface area contributed by atoms with Crippen LogP contribution in [0.2, 0.25) is 0 Å². The molecule has 0 saturated carbocycles. The molecule has 0 bridgehead atoms. The first-order chi connectivity index (χ1) is 17.0. The van der Waals surface area contributed by atoms with Gasteiger partial charge in [0, 0.05) is 17.0 Å². The maximum atomic E-state index is 14.9. The van der Waals surface area contributed by atoms with Gasteiger partial charge in [0.05, 0.1) is 19.8 Å². The lowest BCUT2D eigenvalue weighted by molar-refractivity contribution is -0.207. The van der Waals surface area contributed by atoms with Gasteiger partial charge in [-0.15, -0.1) is 0 Å². The highest BCUT2D eigenvalue weighted by Gasteiger charge is 2.25. The molecule has 3 aromatic carbocycles. The second-order valence-electron chi connectivity index (χ2n) is 8.50. The monoisotopic (exact) mass is 482 g/mol. The average molecular weight is 483 g/mol. The Balaban J connectivity index is 1.45. The molecule has 1 aliphatic rings. The SMILES string of the molecule is C/C=C/CCC1COC(c2ccc(-c3ccc(-c4ccc(OCC)c(F)c4F)cc3)cc2F)OC1. The second-order valence-corrected chi connectivity index (χ2v) is 8.50. The van der Waals surface area contributed by atoms with E-state index in [-0.39, 0.29) is 17.9 Å². The fourth-order valence-corrected chi connectivity index (χ4v) is 4.15. The molecule has 1 fully saturated rings. The van der Waals surface area contributed by atoms with E-state index < -0.39 is 23.7 Å². The minimum absolute atomic E-state index is 0.115. The fraction of sp³-hybridized carbons (Fsp3) is 0.310. The molecule has 4 rings (SSSR count). The zero-order valence-electron chi connectivity index (χ0n) is 19.9. The summed E-state index contributed by atoms with van der Waals surface area (Å²) in [4.78, 5) is 0. The number of benzene rings is 3. The molecule has 0 unspecified atom stereocenters. The molecule has 0 N–H and O–H groups in total. The van der Waals surface area contributed by atoms with Crippen molar-refractivity contribution in [3.05, 3.63) is 89.8 Å². The van der Waals surface area contributed by atoms with Gasteiger partial charge in [-0.25, -0.2) is 8.78 Å². The Kier molecular flexibility index (Phi) is 8.26. The maximum Gasteiger partial charge on any atom is 0.201 e. The van der Waals surface area contributed by atoms with Gasteiger partial charge in [-0.3, -0.25) is 0 Å². The third-order valence-corrected chi connectivity index (χ3v) is 6.07. The lowest BCUT2D eigenvalue weighted by Crippen LogP contribution is -2.27. The molecule has 35 heavy (non-hydrogen) atoms. The highest BCUT2D eigenvalue weighted by molar-refractivity contribution is 5.71. The Morgan fingerprint density at radius 1 is 0.886 bits per heavy atom. The molecular formula is C29H29F3O3. The van der Waals surface area contributed by atoms with Crippen molar-refractivity contribution >= 4 is 0 Å². The van der Waals surface area contributed by atoms with Gasteiger partial charge < -0.3 is 14.2 Å². The first kappa shape index (κ1) is 25.0. The zero-order chi connectivity index (χ0) is 24.8. The van der Waals surface area contributed by atoms with Crippen molar-refractivity contribution in [2.45, 2.75) is 33.0 Å². The molecular weight excluding hydrogens is 453 g/mol. The van der Waals surface area contributed by atoms with Crippen LogP contribution >= 0.6 is 0 Å². The highest BCUT2D eigenvalue weighted by atomic mass is 19.2. The largest absolute Gasteiger partial charge is 0.491 e. The summed E-state index contributed by atoms with van der Waals surface area (Å²) >= 11 is 0. The van der Waals surface area contributed by atoms with E-state index in [4.69, 9.17) is 14.2 Å². The standard InChI is InChI=1S/C29H29F3O3/c1-3-5-6-7-19-17-34-29(35-18-19)24-13-12-22(16-25(24)30)20-8-10-21(11-9-20)23-14-15-26(33-4-2)28(32)27(23)31/h3,5,8-16,19,29H,4,6-7,17-18H2,1-2H3/b5-3+. The van der Waals surface area contributed by atoms with Crippen molar-refractivity contribution in [1.29, 1.82) is 0 Å². The molecule has 3 nitrogen and oxygen atoms in total. The normalized spacial score (nSPS) is 18.2. The molecule has 184 valence electrons. The number of hydrogen-bond acceptors (Lipinski definition) is 3. The van der Waals surface area contributed by atoms with E-state index >= 15 is 0 Å². The van der Waals surface area contributed by atoms with Crippen LogP contribution in [0.5, 0.6) is 5.75 Å². The van der Waals surface area contributed by atoms with E-state index in [0.29, 0.717) is 35.8 Å². The molecule has 3 aromatic rings. The summed E-state index contributed by atoms with van der Waals surface area (Å²) in [6.07, 6.45) is 5.37. The Morgan fingerprint density at radius 3 is 2.23 bits per heavy atom. The fourth-order valence-electron chi connectivity index (χ4n) is 4.15. The van der Waals surface area contributed by atoms with Crippen LogP contribution in [-0.2, 0) is 9.47 Å². The molecule has 1 aliphatic heterocycles. The average Bonchev–Trinajstić information content (AvgIpc) is 2.88. The third-order valence-electron chi connectivity index (χ3n) is 6.07. The van der Waals surface area contributed by atoms with Crippen molar-refractivity contribution < 1.29 is 27.4 Å². The number of rotatable bonds is 8. The predicted octanol–water partition coefficient (Wildman–Crippen LogP) is 7.85. The lowest BCUT2D eigenvalue weighted by Gasteiger charge is -2.29. The summed E-state index contributed by atoms with van der Waals surface area (Å²) in [7, 11) is 0. The first-order valence-corrected chi connectivity index (χ1v) is 11.9. The smallest absolute Gasteiger partial charge is 0.201 e. The van der Waals surface area contributed by atoms with Crippen molar-refractivity contribution in [2.75, 3.05) is 19.8 Å². The Labute approximate surface area is 204 Å². The molecule has 0 radical (unpaired) electrons. The molecule has 6 heteroatoms. The lowest BCUT2D eigenvalue weighted by atomic mass is 9.98. The molecule has 1 heterocycles. The van der Waals surface area contributed by atoms with Crippen LogP contribution in [0.25, 0.3) is 22.3 Å². The van der Waals surface area contributed by atoms with Crippen LogP contribution in [0.4, 0.5) is 13.2 Å². The van der Waals surface area contributed by atoms with Gasteiger partial charge in [0.2, 0.25) is 5.82 Å². The molecule has 0 aliphatic carbocycles. The van der Waals surface area contributed by atoms with E-state index in [0.717, 1.165) is 18.4 Å². The summed E-state index contributed by atoms with van der Waals surface area (Å²) < 4.78 is 60.4. The maximum absolute atomic E-state index is 14.9.